The standard InChI is InChI=1S/C6H10O3/c1-4-8-6(7)9-5(2)3/h4-5H,1H2,2-3H3. The summed E-state index contributed by atoms with van der Waals surface area (Å²) in [6, 6.07) is 0. The zero-order chi connectivity index (χ0) is 7.28. The molecule has 0 aliphatic heterocycles. The van der Waals surface area contributed by atoms with Crippen molar-refractivity contribution in [2.45, 2.75) is 20.0 Å². The average Bonchev–Trinajstić information content (AvgIpc) is 1.63. The van der Waals surface area contributed by atoms with Gasteiger partial charge < -0.3 is 9.47 Å². The van der Waals surface area contributed by atoms with Gasteiger partial charge in [-0.15, -0.1) is 0 Å². The second kappa shape index (κ2) is 3.95. The third kappa shape index (κ3) is 4.87. The first-order chi connectivity index (χ1) is 4.16. The summed E-state index contributed by atoms with van der Waals surface area (Å²) in [5.41, 5.74) is 0. The summed E-state index contributed by atoms with van der Waals surface area (Å²) in [5, 5.41) is 0. The molecule has 0 N–H and O–H groups in total. The lowest BCUT2D eigenvalue weighted by atomic mass is 10.5. The molecule has 9 heavy (non-hydrogen) atoms. The molecule has 0 radical (unpaired) electrons. The predicted molar refractivity (Wildman–Crippen MR) is 32.9 cm³/mol. The van der Waals surface area contributed by atoms with Crippen LogP contribution >= 0.6 is 0 Å². The fraction of sp³-hybridized carbons (Fsp3) is 0.500. The monoisotopic (exact) mass is 130 g/mol. The first kappa shape index (κ1) is 8.01. The van der Waals surface area contributed by atoms with Crippen molar-refractivity contribution in [1.29, 1.82) is 0 Å². The predicted octanol–water partition coefficient (Wildman–Crippen LogP) is 1.69. The van der Waals surface area contributed by atoms with Crippen molar-refractivity contribution in [3.8, 4) is 0 Å². The number of rotatable bonds is 2. The highest BCUT2D eigenvalue weighted by atomic mass is 16.7. The number of hydrogen-bond acceptors (Lipinski definition) is 3. The molecule has 0 saturated heterocycles. The Balaban J connectivity index is 3.38. The molecule has 0 aromatic heterocycles. The van der Waals surface area contributed by atoms with E-state index in [9.17, 15) is 4.79 Å². The number of carbonyl (C=O) groups is 1. The van der Waals surface area contributed by atoms with Crippen LogP contribution in [0, 0.1) is 0 Å². The van der Waals surface area contributed by atoms with Gasteiger partial charge in [0.15, 0.2) is 0 Å². The maximum Gasteiger partial charge on any atom is 0.513 e. The molecule has 3 heteroatoms. The van der Waals surface area contributed by atoms with E-state index in [1.807, 2.05) is 0 Å². The summed E-state index contributed by atoms with van der Waals surface area (Å²) >= 11 is 0. The van der Waals surface area contributed by atoms with E-state index in [-0.39, 0.29) is 6.10 Å². The van der Waals surface area contributed by atoms with Crippen LogP contribution in [-0.2, 0) is 9.47 Å². The summed E-state index contributed by atoms with van der Waals surface area (Å²) in [5.74, 6) is 0. The van der Waals surface area contributed by atoms with Crippen molar-refractivity contribution in [1.82, 2.24) is 0 Å². The van der Waals surface area contributed by atoms with Crippen LogP contribution in [0.2, 0.25) is 0 Å². The fourth-order valence-corrected chi connectivity index (χ4v) is 0.288. The van der Waals surface area contributed by atoms with E-state index in [1.54, 1.807) is 13.8 Å². The van der Waals surface area contributed by atoms with Crippen LogP contribution in [0.1, 0.15) is 13.8 Å². The Morgan fingerprint density at radius 1 is 1.67 bits per heavy atom. The van der Waals surface area contributed by atoms with Gasteiger partial charge in [-0.1, -0.05) is 6.58 Å². The Labute approximate surface area is 54.3 Å². The zero-order valence-electron chi connectivity index (χ0n) is 5.59. The third-order valence-electron chi connectivity index (χ3n) is 0.511. The van der Waals surface area contributed by atoms with Gasteiger partial charge in [0.25, 0.3) is 0 Å². The van der Waals surface area contributed by atoms with Gasteiger partial charge in [0.1, 0.15) is 0 Å². The molecule has 3 nitrogen and oxygen atoms in total. The maximum atomic E-state index is 10.3. The lowest BCUT2D eigenvalue weighted by Gasteiger charge is -2.04. The van der Waals surface area contributed by atoms with E-state index in [1.165, 1.54) is 0 Å². The van der Waals surface area contributed by atoms with Crippen LogP contribution in [-0.4, -0.2) is 12.3 Å². The Morgan fingerprint density at radius 2 is 2.22 bits per heavy atom. The van der Waals surface area contributed by atoms with Crippen LogP contribution in [0.3, 0.4) is 0 Å². The first-order valence-electron chi connectivity index (χ1n) is 2.65. The topological polar surface area (TPSA) is 35.5 Å². The highest BCUT2D eigenvalue weighted by Crippen LogP contribution is 1.91. The van der Waals surface area contributed by atoms with Gasteiger partial charge in [-0.2, -0.15) is 0 Å². The Hall–Kier alpha value is -0.990. The molecule has 0 saturated carbocycles. The van der Waals surface area contributed by atoms with Crippen molar-refractivity contribution in [2.75, 3.05) is 0 Å². The third-order valence-corrected chi connectivity index (χ3v) is 0.511. The molecule has 52 valence electrons. The SMILES string of the molecule is C=COC(=O)OC(C)C. The highest BCUT2D eigenvalue weighted by Gasteiger charge is 2.02. The minimum Gasteiger partial charge on any atom is -0.431 e. The largest absolute Gasteiger partial charge is 0.513 e. The van der Waals surface area contributed by atoms with E-state index in [0.29, 0.717) is 0 Å². The normalized spacial score (nSPS) is 8.78. The number of carbonyl (C=O) groups excluding carboxylic acids is 1. The molecule has 0 rings (SSSR count). The van der Waals surface area contributed by atoms with E-state index in [2.05, 4.69) is 16.1 Å². The van der Waals surface area contributed by atoms with E-state index in [4.69, 9.17) is 0 Å². The van der Waals surface area contributed by atoms with Crippen molar-refractivity contribution in [3.63, 3.8) is 0 Å². The number of hydrogen-bond donors (Lipinski definition) is 0. The van der Waals surface area contributed by atoms with Crippen molar-refractivity contribution >= 4 is 6.16 Å². The molecule has 0 spiro atoms. The van der Waals surface area contributed by atoms with Crippen molar-refractivity contribution in [3.05, 3.63) is 12.8 Å². The molecule has 0 aliphatic rings. The smallest absolute Gasteiger partial charge is 0.431 e. The molecule has 0 heterocycles. The van der Waals surface area contributed by atoms with Crippen LogP contribution in [0.25, 0.3) is 0 Å². The summed E-state index contributed by atoms with van der Waals surface area (Å²) in [7, 11) is 0. The Kier molecular flexibility index (Phi) is 3.51. The average molecular weight is 130 g/mol. The van der Waals surface area contributed by atoms with Crippen molar-refractivity contribution < 1.29 is 14.3 Å². The number of ether oxygens (including phenoxy) is 2. The van der Waals surface area contributed by atoms with Crippen LogP contribution in [0.5, 0.6) is 0 Å². The van der Waals surface area contributed by atoms with Gasteiger partial charge in [-0.05, 0) is 13.8 Å². The molecule has 0 aromatic rings. The van der Waals surface area contributed by atoms with E-state index in [0.717, 1.165) is 6.26 Å². The molecular formula is C6H10O3. The summed E-state index contributed by atoms with van der Waals surface area (Å²) in [6.45, 7) is 6.67. The quantitative estimate of drug-likeness (QED) is 0.421. The van der Waals surface area contributed by atoms with Gasteiger partial charge in [0.05, 0.1) is 12.4 Å². The molecule has 0 fully saturated rings. The lowest BCUT2D eigenvalue weighted by Crippen LogP contribution is -2.10. The van der Waals surface area contributed by atoms with Crippen LogP contribution in [0.4, 0.5) is 4.79 Å². The first-order valence-corrected chi connectivity index (χ1v) is 2.65. The highest BCUT2D eigenvalue weighted by molar-refractivity contribution is 5.60. The fourth-order valence-electron chi connectivity index (χ4n) is 0.288. The van der Waals surface area contributed by atoms with E-state index < -0.39 is 6.16 Å². The van der Waals surface area contributed by atoms with Gasteiger partial charge in [-0.3, -0.25) is 0 Å². The summed E-state index contributed by atoms with van der Waals surface area (Å²) in [6.07, 6.45) is 0.183. The minimum absolute atomic E-state index is 0.141. The maximum absolute atomic E-state index is 10.3. The molecule has 0 bridgehead atoms. The molecule has 0 unspecified atom stereocenters. The van der Waals surface area contributed by atoms with E-state index >= 15 is 0 Å². The Morgan fingerprint density at radius 3 is 2.56 bits per heavy atom. The van der Waals surface area contributed by atoms with Crippen molar-refractivity contribution in [2.24, 2.45) is 0 Å². The second-order valence-corrected chi connectivity index (χ2v) is 1.70. The minimum atomic E-state index is -0.708. The Bertz CT molecular complexity index is 107. The molecule has 0 atom stereocenters. The van der Waals surface area contributed by atoms with Gasteiger partial charge >= 0.3 is 6.16 Å². The van der Waals surface area contributed by atoms with Crippen LogP contribution in [0.15, 0.2) is 12.8 Å². The second-order valence-electron chi connectivity index (χ2n) is 1.70. The molecular weight excluding hydrogens is 120 g/mol. The van der Waals surface area contributed by atoms with Crippen LogP contribution < -0.4 is 0 Å². The molecule has 0 amide bonds. The van der Waals surface area contributed by atoms with Gasteiger partial charge in [-0.25, -0.2) is 4.79 Å². The zero-order valence-corrected chi connectivity index (χ0v) is 5.59. The summed E-state index contributed by atoms with van der Waals surface area (Å²) < 4.78 is 8.81. The van der Waals surface area contributed by atoms with Gasteiger partial charge in [0, 0.05) is 0 Å². The molecule has 0 aromatic carbocycles. The lowest BCUT2D eigenvalue weighted by molar-refractivity contribution is 0.0603. The molecule has 0 aliphatic carbocycles. The summed E-state index contributed by atoms with van der Waals surface area (Å²) in [4.78, 5) is 10.3. The van der Waals surface area contributed by atoms with Gasteiger partial charge in [0.2, 0.25) is 0 Å².